The van der Waals surface area contributed by atoms with Gasteiger partial charge in [0, 0.05) is 13.1 Å². The zero-order valence-corrected chi connectivity index (χ0v) is 7.56. The maximum Gasteiger partial charge on any atom is 0.0385 e. The molecule has 0 fully saturated rings. The molecule has 1 aliphatic heterocycles. The van der Waals surface area contributed by atoms with Crippen LogP contribution in [0.3, 0.4) is 0 Å². The number of nitrogens with one attached hydrogen (secondary N) is 1. The first kappa shape index (κ1) is 8.72. The van der Waals surface area contributed by atoms with Crippen LogP contribution in [0.1, 0.15) is 26.2 Å². The topological polar surface area (TPSA) is 24.4 Å². The minimum atomic E-state index is 0.453. The first-order valence-electron chi connectivity index (χ1n) is 4.40. The highest BCUT2D eigenvalue weighted by molar-refractivity contribution is 5.58. The number of rotatable bonds is 2. The summed E-state index contributed by atoms with van der Waals surface area (Å²) in [6.45, 7) is 4.47. The van der Waals surface area contributed by atoms with Gasteiger partial charge >= 0.3 is 0 Å². The first-order chi connectivity index (χ1) is 5.27. The standard InChI is InChI=1S/C9H18N2/c1-9(8-10-2)4-3-6-11-7-5-9/h7,10H,3-6,8H2,1-2H3/t9-/m1/s1. The average molecular weight is 154 g/mol. The fourth-order valence-corrected chi connectivity index (χ4v) is 1.66. The molecular formula is C9H18N2. The smallest absolute Gasteiger partial charge is 0.0385 e. The second-order valence-corrected chi connectivity index (χ2v) is 3.74. The summed E-state index contributed by atoms with van der Waals surface area (Å²) in [5.74, 6) is 0. The van der Waals surface area contributed by atoms with E-state index in [0.29, 0.717) is 5.41 Å². The lowest BCUT2D eigenvalue weighted by Crippen LogP contribution is -2.29. The van der Waals surface area contributed by atoms with E-state index in [1.165, 1.54) is 12.8 Å². The Labute approximate surface area is 69.1 Å². The Hall–Kier alpha value is -0.370. The molecular weight excluding hydrogens is 136 g/mol. The maximum absolute atomic E-state index is 4.30. The quantitative estimate of drug-likeness (QED) is 0.640. The molecule has 1 aliphatic rings. The minimum absolute atomic E-state index is 0.453. The van der Waals surface area contributed by atoms with E-state index in [4.69, 9.17) is 0 Å². The first-order valence-corrected chi connectivity index (χ1v) is 4.40. The molecule has 0 aromatic heterocycles. The van der Waals surface area contributed by atoms with Gasteiger partial charge in [0.1, 0.15) is 0 Å². The Morgan fingerprint density at radius 1 is 1.64 bits per heavy atom. The molecule has 1 rings (SSSR count). The second kappa shape index (κ2) is 3.86. The molecule has 2 nitrogen and oxygen atoms in total. The minimum Gasteiger partial charge on any atom is -0.319 e. The fourth-order valence-electron chi connectivity index (χ4n) is 1.66. The van der Waals surface area contributed by atoms with Crippen molar-refractivity contribution in [2.75, 3.05) is 20.1 Å². The van der Waals surface area contributed by atoms with Crippen molar-refractivity contribution in [1.29, 1.82) is 0 Å². The zero-order chi connectivity index (χ0) is 8.16. The van der Waals surface area contributed by atoms with E-state index in [1.807, 2.05) is 7.05 Å². The van der Waals surface area contributed by atoms with Gasteiger partial charge < -0.3 is 5.32 Å². The molecule has 1 N–H and O–H groups in total. The summed E-state index contributed by atoms with van der Waals surface area (Å²) in [7, 11) is 2.02. The largest absolute Gasteiger partial charge is 0.319 e. The lowest BCUT2D eigenvalue weighted by atomic mass is 9.83. The van der Waals surface area contributed by atoms with Crippen LogP contribution < -0.4 is 5.32 Å². The summed E-state index contributed by atoms with van der Waals surface area (Å²) in [5, 5.41) is 3.24. The van der Waals surface area contributed by atoms with Crippen molar-refractivity contribution < 1.29 is 0 Å². The Balaban J connectivity index is 2.46. The predicted molar refractivity (Wildman–Crippen MR) is 49.2 cm³/mol. The highest BCUT2D eigenvalue weighted by Crippen LogP contribution is 2.27. The Bertz CT molecular complexity index is 142. The molecule has 0 spiro atoms. The Morgan fingerprint density at radius 3 is 3.18 bits per heavy atom. The van der Waals surface area contributed by atoms with Crippen LogP contribution in [-0.2, 0) is 0 Å². The van der Waals surface area contributed by atoms with Crippen molar-refractivity contribution in [3.05, 3.63) is 0 Å². The predicted octanol–water partition coefficient (Wildman–Crippen LogP) is 1.47. The van der Waals surface area contributed by atoms with Gasteiger partial charge in [-0.1, -0.05) is 6.92 Å². The molecule has 0 aliphatic carbocycles. The molecule has 2 heteroatoms. The Morgan fingerprint density at radius 2 is 2.45 bits per heavy atom. The van der Waals surface area contributed by atoms with Gasteiger partial charge in [-0.2, -0.15) is 0 Å². The van der Waals surface area contributed by atoms with Crippen LogP contribution in [0, 0.1) is 5.41 Å². The van der Waals surface area contributed by atoms with Gasteiger partial charge in [0.05, 0.1) is 0 Å². The van der Waals surface area contributed by atoms with Gasteiger partial charge in [-0.3, -0.25) is 4.99 Å². The highest BCUT2D eigenvalue weighted by Gasteiger charge is 2.22. The zero-order valence-electron chi connectivity index (χ0n) is 7.56. The van der Waals surface area contributed by atoms with E-state index in [1.54, 1.807) is 0 Å². The molecule has 1 heterocycles. The van der Waals surface area contributed by atoms with Crippen molar-refractivity contribution >= 4 is 6.21 Å². The number of hydrogen-bond donors (Lipinski definition) is 1. The van der Waals surface area contributed by atoms with Gasteiger partial charge in [-0.15, -0.1) is 0 Å². The summed E-state index contributed by atoms with van der Waals surface area (Å²) in [4.78, 5) is 4.30. The molecule has 0 saturated heterocycles. The molecule has 0 unspecified atom stereocenters. The van der Waals surface area contributed by atoms with Crippen LogP contribution in [0.5, 0.6) is 0 Å². The molecule has 1 atom stereocenters. The summed E-state index contributed by atoms with van der Waals surface area (Å²) in [5.41, 5.74) is 0.453. The molecule has 11 heavy (non-hydrogen) atoms. The van der Waals surface area contributed by atoms with Crippen LogP contribution in [0.4, 0.5) is 0 Å². The average Bonchev–Trinajstić information content (AvgIpc) is 2.15. The van der Waals surface area contributed by atoms with Gasteiger partial charge in [0.25, 0.3) is 0 Å². The summed E-state index contributed by atoms with van der Waals surface area (Å²) in [6.07, 6.45) is 5.76. The van der Waals surface area contributed by atoms with E-state index in [0.717, 1.165) is 19.5 Å². The third kappa shape index (κ3) is 2.62. The number of aliphatic imine (C=N–C) groups is 1. The molecule has 0 aromatic rings. The van der Waals surface area contributed by atoms with Crippen LogP contribution in [-0.4, -0.2) is 26.4 Å². The van der Waals surface area contributed by atoms with E-state index in [-0.39, 0.29) is 0 Å². The highest BCUT2D eigenvalue weighted by atomic mass is 14.8. The SMILES string of the molecule is CNC[C@@]1(C)CC=NCCC1. The number of hydrogen-bond acceptors (Lipinski definition) is 2. The van der Waals surface area contributed by atoms with Gasteiger partial charge in [0.2, 0.25) is 0 Å². The molecule has 0 amide bonds. The normalized spacial score (nSPS) is 31.8. The van der Waals surface area contributed by atoms with Crippen molar-refractivity contribution in [1.82, 2.24) is 5.32 Å². The molecule has 0 bridgehead atoms. The lowest BCUT2D eigenvalue weighted by Gasteiger charge is -2.26. The van der Waals surface area contributed by atoms with Crippen molar-refractivity contribution in [3.63, 3.8) is 0 Å². The van der Waals surface area contributed by atoms with E-state index in [9.17, 15) is 0 Å². The van der Waals surface area contributed by atoms with Crippen molar-refractivity contribution in [3.8, 4) is 0 Å². The van der Waals surface area contributed by atoms with Crippen molar-refractivity contribution in [2.45, 2.75) is 26.2 Å². The molecule has 64 valence electrons. The van der Waals surface area contributed by atoms with Gasteiger partial charge in [-0.05, 0) is 37.9 Å². The maximum atomic E-state index is 4.30. The monoisotopic (exact) mass is 154 g/mol. The fraction of sp³-hybridized carbons (Fsp3) is 0.889. The van der Waals surface area contributed by atoms with Gasteiger partial charge in [-0.25, -0.2) is 0 Å². The van der Waals surface area contributed by atoms with E-state index in [2.05, 4.69) is 23.4 Å². The molecule has 0 radical (unpaired) electrons. The number of nitrogens with zero attached hydrogens (tertiary/aromatic N) is 1. The summed E-state index contributed by atoms with van der Waals surface area (Å²) in [6, 6.07) is 0. The van der Waals surface area contributed by atoms with Crippen molar-refractivity contribution in [2.24, 2.45) is 10.4 Å². The third-order valence-electron chi connectivity index (χ3n) is 2.38. The van der Waals surface area contributed by atoms with Crippen LogP contribution in [0.15, 0.2) is 4.99 Å². The summed E-state index contributed by atoms with van der Waals surface area (Å²) < 4.78 is 0. The molecule has 0 saturated carbocycles. The van der Waals surface area contributed by atoms with E-state index < -0.39 is 0 Å². The Kier molecular flexibility index (Phi) is 3.06. The van der Waals surface area contributed by atoms with E-state index >= 15 is 0 Å². The molecule has 0 aromatic carbocycles. The third-order valence-corrected chi connectivity index (χ3v) is 2.38. The lowest BCUT2D eigenvalue weighted by molar-refractivity contribution is 0.302. The second-order valence-electron chi connectivity index (χ2n) is 3.74. The summed E-state index contributed by atoms with van der Waals surface area (Å²) >= 11 is 0. The van der Waals surface area contributed by atoms with Crippen LogP contribution >= 0.6 is 0 Å². The van der Waals surface area contributed by atoms with Crippen LogP contribution in [0.25, 0.3) is 0 Å². The van der Waals surface area contributed by atoms with Crippen LogP contribution in [0.2, 0.25) is 0 Å². The van der Waals surface area contributed by atoms with Gasteiger partial charge in [0.15, 0.2) is 0 Å².